The van der Waals surface area contributed by atoms with Gasteiger partial charge in [0.2, 0.25) is 5.91 Å². The monoisotopic (exact) mass is 450 g/mol. The van der Waals surface area contributed by atoms with Crippen molar-refractivity contribution in [2.45, 2.75) is 96.4 Å². The van der Waals surface area contributed by atoms with Crippen LogP contribution in [0.25, 0.3) is 0 Å². The van der Waals surface area contributed by atoms with Crippen LogP contribution in [-0.4, -0.2) is 23.8 Å². The number of allylic oxidation sites excluding steroid dienone is 2. The van der Waals surface area contributed by atoms with Crippen molar-refractivity contribution in [3.63, 3.8) is 0 Å². The highest BCUT2D eigenvalue weighted by Gasteiger charge is 2.61. The molecule has 1 aliphatic heterocycles. The molecular formula is C29H42N2O2. The molecule has 33 heavy (non-hydrogen) atoms. The zero-order valence-electron chi connectivity index (χ0n) is 20.6. The van der Waals surface area contributed by atoms with E-state index in [4.69, 9.17) is 0 Å². The summed E-state index contributed by atoms with van der Waals surface area (Å²) in [5.41, 5.74) is 1.60. The Morgan fingerprint density at radius 2 is 1.67 bits per heavy atom. The lowest BCUT2D eigenvalue weighted by Gasteiger charge is -2.59. The molecule has 4 nitrogen and oxygen atoms in total. The fourth-order valence-electron chi connectivity index (χ4n) is 11.2. The number of carbonyl (C=O) groups is 2. The van der Waals surface area contributed by atoms with E-state index in [0.29, 0.717) is 30.1 Å². The number of amides is 1. The Morgan fingerprint density at radius 3 is 2.36 bits per heavy atom. The van der Waals surface area contributed by atoms with E-state index in [-0.39, 0.29) is 28.1 Å². The first-order valence-electron chi connectivity index (χ1n) is 14.1. The van der Waals surface area contributed by atoms with Gasteiger partial charge in [-0.05, 0) is 112 Å². The maximum Gasteiger partial charge on any atom is 0.224 e. The summed E-state index contributed by atoms with van der Waals surface area (Å²) in [6.07, 6.45) is 16.3. The lowest BCUT2D eigenvalue weighted by atomic mass is 9.49. The quantitative estimate of drug-likeness (QED) is 0.623. The molecule has 0 aromatic carbocycles. The summed E-state index contributed by atoms with van der Waals surface area (Å²) in [6.45, 7) is 5.86. The number of hydrogen-bond acceptors (Lipinski definition) is 3. The van der Waals surface area contributed by atoms with Crippen molar-refractivity contribution in [1.29, 1.82) is 0 Å². The fraction of sp³-hybridized carbons (Fsp3) is 0.862. The Bertz CT molecular complexity index is 887. The van der Waals surface area contributed by atoms with Crippen molar-refractivity contribution in [3.05, 3.63) is 11.8 Å². The van der Waals surface area contributed by atoms with Gasteiger partial charge >= 0.3 is 0 Å². The zero-order valence-corrected chi connectivity index (χ0v) is 20.6. The second-order valence-corrected chi connectivity index (χ2v) is 14.1. The van der Waals surface area contributed by atoms with Crippen LogP contribution in [0.3, 0.4) is 0 Å². The normalized spacial score (nSPS) is 54.1. The molecule has 6 saturated carbocycles. The van der Waals surface area contributed by atoms with Crippen molar-refractivity contribution < 1.29 is 9.59 Å². The van der Waals surface area contributed by atoms with Gasteiger partial charge in [-0.2, -0.15) is 0 Å². The molecule has 4 bridgehead atoms. The lowest BCUT2D eigenvalue weighted by molar-refractivity contribution is -0.138. The molecule has 7 fully saturated rings. The smallest absolute Gasteiger partial charge is 0.224 e. The highest BCUT2D eigenvalue weighted by Crippen LogP contribution is 2.64. The van der Waals surface area contributed by atoms with E-state index >= 15 is 0 Å². The van der Waals surface area contributed by atoms with Gasteiger partial charge in [0.15, 0.2) is 5.78 Å². The summed E-state index contributed by atoms with van der Waals surface area (Å²) in [7, 11) is 0. The molecule has 0 spiro atoms. The number of piperidine rings is 1. The summed E-state index contributed by atoms with van der Waals surface area (Å²) >= 11 is 0. The molecule has 7 aliphatic carbocycles. The van der Waals surface area contributed by atoms with Gasteiger partial charge in [0.1, 0.15) is 0 Å². The van der Waals surface area contributed by atoms with Gasteiger partial charge < -0.3 is 10.6 Å². The first-order valence-corrected chi connectivity index (χ1v) is 14.1. The van der Waals surface area contributed by atoms with Crippen molar-refractivity contribution in [1.82, 2.24) is 10.6 Å². The predicted octanol–water partition coefficient (Wildman–Crippen LogP) is 4.99. The second kappa shape index (κ2) is 6.88. The highest BCUT2D eigenvalue weighted by molar-refractivity contribution is 5.91. The second-order valence-electron chi connectivity index (χ2n) is 14.1. The summed E-state index contributed by atoms with van der Waals surface area (Å²) < 4.78 is 0. The van der Waals surface area contributed by atoms with Crippen LogP contribution in [-0.2, 0) is 9.59 Å². The van der Waals surface area contributed by atoms with Crippen molar-refractivity contribution in [2.24, 2.45) is 52.3 Å². The van der Waals surface area contributed by atoms with Crippen molar-refractivity contribution in [2.75, 3.05) is 6.54 Å². The van der Waals surface area contributed by atoms with Crippen LogP contribution in [0.15, 0.2) is 11.8 Å². The third-order valence-corrected chi connectivity index (χ3v) is 12.3. The number of fused-ring (bicyclic) bond motifs is 5. The molecule has 0 unspecified atom stereocenters. The highest BCUT2D eigenvalue weighted by atomic mass is 16.2. The Balaban J connectivity index is 1.11. The number of carbonyl (C=O) groups excluding carboxylic acids is 2. The summed E-state index contributed by atoms with van der Waals surface area (Å²) in [4.78, 5) is 26.0. The van der Waals surface area contributed by atoms with Gasteiger partial charge in [-0.25, -0.2) is 0 Å². The molecular weight excluding hydrogens is 408 g/mol. The average molecular weight is 451 g/mol. The summed E-state index contributed by atoms with van der Waals surface area (Å²) in [5.74, 6) is 5.42. The van der Waals surface area contributed by atoms with E-state index in [1.54, 1.807) is 0 Å². The van der Waals surface area contributed by atoms with Gasteiger partial charge in [0, 0.05) is 41.6 Å². The molecule has 0 radical (unpaired) electrons. The van der Waals surface area contributed by atoms with Crippen LogP contribution < -0.4 is 10.6 Å². The van der Waals surface area contributed by atoms with Crippen LogP contribution in [0.2, 0.25) is 0 Å². The van der Waals surface area contributed by atoms with Crippen LogP contribution in [0, 0.1) is 52.3 Å². The van der Waals surface area contributed by atoms with Gasteiger partial charge in [-0.15, -0.1) is 0 Å². The Labute approximate surface area is 199 Å². The SMILES string of the molecule is C[C@]12CC[C@H]3[C@@H](CNC4=CC(=O)CC[C@@]43C)[C@@H]1CC[C@@H]2C(=O)NC12CC3CC(CC(C3)C1)C2. The zero-order chi connectivity index (χ0) is 22.6. The van der Waals surface area contributed by atoms with E-state index in [0.717, 1.165) is 37.1 Å². The third-order valence-electron chi connectivity index (χ3n) is 12.3. The van der Waals surface area contributed by atoms with Crippen molar-refractivity contribution >= 4 is 11.7 Å². The minimum atomic E-state index is 0.123. The molecule has 4 heteroatoms. The molecule has 0 aromatic rings. The standard InChI is InChI=1S/C29H42N2O2/c1-27-8-6-23-21(16-30-25-12-20(32)5-7-28(23,25)2)22(27)3-4-24(27)26(33)31-29-13-17-9-18(14-29)11-19(10-17)15-29/h12,17-19,21-24,30H,3-11,13-16H2,1-2H3,(H,31,33)/t17?,18?,19?,21-,22-,23-,24+,27-,28+,29?/m0/s1. The molecule has 8 rings (SSSR count). The first-order chi connectivity index (χ1) is 15.8. The molecule has 2 N–H and O–H groups in total. The lowest BCUT2D eigenvalue weighted by Crippen LogP contribution is -2.62. The molecule has 180 valence electrons. The number of hydrogen-bond donors (Lipinski definition) is 2. The molecule has 1 heterocycles. The third kappa shape index (κ3) is 2.94. The predicted molar refractivity (Wildman–Crippen MR) is 128 cm³/mol. The van der Waals surface area contributed by atoms with E-state index < -0.39 is 0 Å². The number of rotatable bonds is 2. The Hall–Kier alpha value is -1.32. The topological polar surface area (TPSA) is 58.2 Å². The fourth-order valence-corrected chi connectivity index (χ4v) is 11.2. The van der Waals surface area contributed by atoms with Crippen molar-refractivity contribution in [3.8, 4) is 0 Å². The molecule has 8 aliphatic rings. The number of ketones is 1. The number of nitrogens with one attached hydrogen (secondary N) is 2. The summed E-state index contributed by atoms with van der Waals surface area (Å²) in [6, 6.07) is 0. The largest absolute Gasteiger partial charge is 0.387 e. The Kier molecular flexibility index (Phi) is 4.38. The minimum absolute atomic E-state index is 0.123. The molecule has 6 atom stereocenters. The van der Waals surface area contributed by atoms with Gasteiger partial charge in [-0.1, -0.05) is 13.8 Å². The van der Waals surface area contributed by atoms with Gasteiger partial charge in [0.25, 0.3) is 0 Å². The molecule has 1 amide bonds. The first kappa shape index (κ1) is 21.0. The van der Waals surface area contributed by atoms with E-state index in [9.17, 15) is 9.59 Å². The van der Waals surface area contributed by atoms with Gasteiger partial charge in [-0.3, -0.25) is 9.59 Å². The van der Waals surface area contributed by atoms with Crippen LogP contribution in [0.4, 0.5) is 0 Å². The van der Waals surface area contributed by atoms with E-state index in [2.05, 4.69) is 24.5 Å². The summed E-state index contributed by atoms with van der Waals surface area (Å²) in [5, 5.41) is 7.46. The van der Waals surface area contributed by atoms with Crippen LogP contribution in [0.1, 0.15) is 90.9 Å². The molecule has 0 aromatic heterocycles. The Morgan fingerprint density at radius 1 is 0.970 bits per heavy atom. The average Bonchev–Trinajstić information content (AvgIpc) is 3.10. The van der Waals surface area contributed by atoms with Crippen LogP contribution in [0.5, 0.6) is 0 Å². The molecule has 1 saturated heterocycles. The minimum Gasteiger partial charge on any atom is -0.387 e. The van der Waals surface area contributed by atoms with E-state index in [1.807, 2.05) is 6.08 Å². The van der Waals surface area contributed by atoms with E-state index in [1.165, 1.54) is 63.5 Å². The maximum atomic E-state index is 13.9. The van der Waals surface area contributed by atoms with Crippen LogP contribution >= 0.6 is 0 Å². The maximum absolute atomic E-state index is 13.9. The van der Waals surface area contributed by atoms with Gasteiger partial charge in [0.05, 0.1) is 0 Å².